The van der Waals surface area contributed by atoms with E-state index in [0.29, 0.717) is 36.3 Å². The second-order valence-corrected chi connectivity index (χ2v) is 5.44. The van der Waals surface area contributed by atoms with Crippen molar-refractivity contribution >= 4 is 17.0 Å². The molecule has 1 N–H and O–H groups in total. The number of nitrogens with zero attached hydrogens (tertiary/aromatic N) is 3. The van der Waals surface area contributed by atoms with Crippen LogP contribution in [0.2, 0.25) is 0 Å². The third-order valence-corrected chi connectivity index (χ3v) is 4.12. The molecular weight excluding hydrogens is 286 g/mol. The Kier molecular flexibility index (Phi) is 4.00. The molecule has 0 unspecified atom stereocenters. The number of hydrogen-bond donors (Lipinski definition) is 1. The van der Waals surface area contributed by atoms with Gasteiger partial charge in [0.2, 0.25) is 0 Å². The topological polar surface area (TPSA) is 78.9 Å². The molecule has 7 heteroatoms. The van der Waals surface area contributed by atoms with Crippen LogP contribution in [0.3, 0.4) is 0 Å². The van der Waals surface area contributed by atoms with Gasteiger partial charge in [0.25, 0.3) is 5.91 Å². The van der Waals surface area contributed by atoms with Gasteiger partial charge >= 0.3 is 5.76 Å². The van der Waals surface area contributed by atoms with Crippen molar-refractivity contribution in [2.45, 2.75) is 0 Å². The van der Waals surface area contributed by atoms with Gasteiger partial charge in [-0.05, 0) is 12.1 Å². The molecule has 1 aliphatic heterocycles. The third-order valence-electron chi connectivity index (χ3n) is 4.12. The summed E-state index contributed by atoms with van der Waals surface area (Å²) in [7, 11) is 1.62. The summed E-state index contributed by atoms with van der Waals surface area (Å²) in [5, 5.41) is 8.95. The summed E-state index contributed by atoms with van der Waals surface area (Å²) in [6.45, 7) is 3.44. The molecule has 1 aliphatic rings. The van der Waals surface area contributed by atoms with E-state index in [-0.39, 0.29) is 12.5 Å². The minimum absolute atomic E-state index is 0.122. The third kappa shape index (κ3) is 2.53. The standard InChI is InChI=1S/C15H19N3O4/c1-16-12-4-2-3-11(13(12)22-15(16)21)14(20)18-7-5-17(6-8-18)9-10-19/h2-4,19H,5-10H2,1H3. The summed E-state index contributed by atoms with van der Waals surface area (Å²) in [4.78, 5) is 28.2. The molecule has 0 atom stereocenters. The Morgan fingerprint density at radius 1 is 1.27 bits per heavy atom. The van der Waals surface area contributed by atoms with E-state index in [1.165, 1.54) is 4.57 Å². The van der Waals surface area contributed by atoms with Crippen LogP contribution in [0, 0.1) is 0 Å². The number of fused-ring (bicyclic) bond motifs is 1. The van der Waals surface area contributed by atoms with Crippen molar-refractivity contribution < 1.29 is 14.3 Å². The SMILES string of the molecule is Cn1c(=O)oc2c(C(=O)N3CCN(CCO)CC3)cccc21. The number of carbonyl (C=O) groups is 1. The number of hydrogen-bond acceptors (Lipinski definition) is 5. The van der Waals surface area contributed by atoms with Gasteiger partial charge in [-0.25, -0.2) is 4.79 Å². The summed E-state index contributed by atoms with van der Waals surface area (Å²) in [5.74, 6) is -0.591. The zero-order valence-corrected chi connectivity index (χ0v) is 12.5. The van der Waals surface area contributed by atoms with Crippen molar-refractivity contribution in [3.8, 4) is 0 Å². The van der Waals surface area contributed by atoms with Gasteiger partial charge < -0.3 is 14.4 Å². The molecule has 1 amide bonds. The molecule has 1 fully saturated rings. The highest BCUT2D eigenvalue weighted by molar-refractivity contribution is 6.04. The van der Waals surface area contributed by atoms with Gasteiger partial charge in [0.05, 0.1) is 17.7 Å². The number of aromatic nitrogens is 1. The number of para-hydroxylation sites is 1. The minimum Gasteiger partial charge on any atom is -0.407 e. The molecule has 2 aromatic rings. The Hall–Kier alpha value is -2.12. The smallest absolute Gasteiger partial charge is 0.407 e. The lowest BCUT2D eigenvalue weighted by atomic mass is 10.1. The van der Waals surface area contributed by atoms with E-state index >= 15 is 0 Å². The Labute approximate surface area is 127 Å². The number of amides is 1. The van der Waals surface area contributed by atoms with Gasteiger partial charge in [-0.3, -0.25) is 14.3 Å². The average Bonchev–Trinajstić information content (AvgIpc) is 2.83. The number of β-amino-alcohol motifs (C(OH)–C–C–N with tert-alkyl or cyclic N) is 1. The monoisotopic (exact) mass is 305 g/mol. The number of oxazole rings is 1. The lowest BCUT2D eigenvalue weighted by molar-refractivity contribution is 0.0616. The predicted molar refractivity (Wildman–Crippen MR) is 80.9 cm³/mol. The lowest BCUT2D eigenvalue weighted by Gasteiger charge is -2.34. The Balaban J connectivity index is 1.84. The minimum atomic E-state index is -0.469. The molecule has 7 nitrogen and oxygen atoms in total. The van der Waals surface area contributed by atoms with Crippen LogP contribution < -0.4 is 5.76 Å². The van der Waals surface area contributed by atoms with Crippen LogP contribution in [0.5, 0.6) is 0 Å². The second kappa shape index (κ2) is 5.94. The highest BCUT2D eigenvalue weighted by atomic mass is 16.4. The molecule has 3 rings (SSSR count). The van der Waals surface area contributed by atoms with E-state index in [1.54, 1.807) is 30.1 Å². The van der Waals surface area contributed by atoms with Gasteiger partial charge in [-0.1, -0.05) is 6.07 Å². The number of aliphatic hydroxyl groups excluding tert-OH is 1. The number of carbonyl (C=O) groups excluding carboxylic acids is 1. The van der Waals surface area contributed by atoms with E-state index < -0.39 is 5.76 Å². The van der Waals surface area contributed by atoms with E-state index in [0.717, 1.165) is 13.1 Å². The average molecular weight is 305 g/mol. The maximum Gasteiger partial charge on any atom is 0.419 e. The molecule has 1 saturated heterocycles. The van der Waals surface area contributed by atoms with E-state index in [9.17, 15) is 9.59 Å². The summed E-state index contributed by atoms with van der Waals surface area (Å²) in [6, 6.07) is 5.20. The van der Waals surface area contributed by atoms with Gasteiger partial charge in [0, 0.05) is 39.8 Å². The first kappa shape index (κ1) is 14.8. The van der Waals surface area contributed by atoms with Crippen LogP contribution in [0.25, 0.3) is 11.1 Å². The van der Waals surface area contributed by atoms with Crippen molar-refractivity contribution in [2.75, 3.05) is 39.3 Å². The van der Waals surface area contributed by atoms with Gasteiger partial charge in [-0.15, -0.1) is 0 Å². The van der Waals surface area contributed by atoms with E-state index in [4.69, 9.17) is 9.52 Å². The molecule has 1 aromatic heterocycles. The number of aryl methyl sites for hydroxylation is 1. The fraction of sp³-hybridized carbons (Fsp3) is 0.467. The molecule has 0 bridgehead atoms. The summed E-state index contributed by atoms with van der Waals surface area (Å²) in [6.07, 6.45) is 0. The zero-order chi connectivity index (χ0) is 15.7. The quantitative estimate of drug-likeness (QED) is 0.855. The van der Waals surface area contributed by atoms with Crippen molar-refractivity contribution in [3.63, 3.8) is 0 Å². The molecule has 0 aliphatic carbocycles. The second-order valence-electron chi connectivity index (χ2n) is 5.44. The zero-order valence-electron chi connectivity index (χ0n) is 12.5. The van der Waals surface area contributed by atoms with Gasteiger partial charge in [0.15, 0.2) is 5.58 Å². The number of piperazine rings is 1. The number of rotatable bonds is 3. The Bertz CT molecular complexity index is 741. The maximum absolute atomic E-state index is 12.7. The van der Waals surface area contributed by atoms with Gasteiger partial charge in [0.1, 0.15) is 0 Å². The van der Waals surface area contributed by atoms with Crippen LogP contribution >= 0.6 is 0 Å². The first-order valence-corrected chi connectivity index (χ1v) is 7.33. The van der Waals surface area contributed by atoms with E-state index in [2.05, 4.69) is 4.90 Å². The molecule has 0 spiro atoms. The number of benzene rings is 1. The molecule has 118 valence electrons. The summed E-state index contributed by atoms with van der Waals surface area (Å²) in [5.41, 5.74) is 1.39. The fourth-order valence-corrected chi connectivity index (χ4v) is 2.81. The molecule has 0 radical (unpaired) electrons. The number of aliphatic hydroxyl groups is 1. The van der Waals surface area contributed by atoms with Crippen molar-refractivity contribution in [1.82, 2.24) is 14.4 Å². The molecule has 22 heavy (non-hydrogen) atoms. The van der Waals surface area contributed by atoms with Gasteiger partial charge in [-0.2, -0.15) is 0 Å². The first-order valence-electron chi connectivity index (χ1n) is 7.33. The summed E-state index contributed by atoms with van der Waals surface area (Å²) >= 11 is 0. The van der Waals surface area contributed by atoms with Crippen molar-refractivity contribution in [2.24, 2.45) is 7.05 Å². The molecular formula is C15H19N3O4. The van der Waals surface area contributed by atoms with Crippen LogP contribution in [0.15, 0.2) is 27.4 Å². The van der Waals surface area contributed by atoms with Crippen LogP contribution in [0.1, 0.15) is 10.4 Å². The highest BCUT2D eigenvalue weighted by Crippen LogP contribution is 2.19. The Morgan fingerprint density at radius 3 is 2.68 bits per heavy atom. The van der Waals surface area contributed by atoms with Crippen LogP contribution in [0.4, 0.5) is 0 Å². The first-order chi connectivity index (χ1) is 10.6. The predicted octanol–water partition coefficient (Wildman–Crippen LogP) is -0.118. The maximum atomic E-state index is 12.7. The van der Waals surface area contributed by atoms with Crippen molar-refractivity contribution in [3.05, 3.63) is 34.3 Å². The fourth-order valence-electron chi connectivity index (χ4n) is 2.81. The van der Waals surface area contributed by atoms with Crippen molar-refractivity contribution in [1.29, 1.82) is 0 Å². The van der Waals surface area contributed by atoms with Crippen LogP contribution in [-0.4, -0.2) is 64.7 Å². The van der Waals surface area contributed by atoms with E-state index in [1.807, 2.05) is 0 Å². The normalized spacial score (nSPS) is 16.4. The van der Waals surface area contributed by atoms with Crippen LogP contribution in [-0.2, 0) is 7.05 Å². The Morgan fingerprint density at radius 2 is 2.00 bits per heavy atom. The molecule has 1 aromatic carbocycles. The lowest BCUT2D eigenvalue weighted by Crippen LogP contribution is -2.49. The largest absolute Gasteiger partial charge is 0.419 e. The summed E-state index contributed by atoms with van der Waals surface area (Å²) < 4.78 is 6.61. The molecule has 2 heterocycles. The highest BCUT2D eigenvalue weighted by Gasteiger charge is 2.24. The molecule has 0 saturated carbocycles.